The number of nitrogens with zero attached hydrogens (tertiary/aromatic N) is 2. The van der Waals surface area contributed by atoms with Crippen LogP contribution in [0.4, 0.5) is 10.5 Å². The minimum Gasteiger partial charge on any atom is -0.378 e. The van der Waals surface area contributed by atoms with E-state index in [1.165, 1.54) is 4.90 Å². The van der Waals surface area contributed by atoms with Crippen molar-refractivity contribution >= 4 is 41.0 Å². The first kappa shape index (κ1) is 38.6. The summed E-state index contributed by atoms with van der Waals surface area (Å²) in [6.07, 6.45) is 8.12. The number of carbonyl (C=O) groups excluding carboxylic acids is 6. The Morgan fingerprint density at radius 1 is 0.940 bits per heavy atom. The van der Waals surface area contributed by atoms with Crippen LogP contribution in [0.2, 0.25) is 0 Å². The number of nitrogens with two attached hydrogens (primary N) is 1. The molecule has 0 spiro atoms. The van der Waals surface area contributed by atoms with E-state index in [2.05, 4.69) is 16.0 Å². The summed E-state index contributed by atoms with van der Waals surface area (Å²) in [7, 11) is 3.84. The van der Waals surface area contributed by atoms with Gasteiger partial charge in [-0.15, -0.1) is 0 Å². The quantitative estimate of drug-likeness (QED) is 0.131. The molecular weight excluding hydrogens is 636 g/mol. The monoisotopic (exact) mass is 692 g/mol. The molecule has 1 heterocycles. The van der Waals surface area contributed by atoms with Crippen LogP contribution in [0.1, 0.15) is 96.3 Å². The second-order valence-corrected chi connectivity index (χ2v) is 15.8. The number of likely N-dealkylation sites (tertiary alicyclic amines) is 1. The molecule has 5 N–H and O–H groups in total. The molecule has 1 saturated carbocycles. The van der Waals surface area contributed by atoms with Gasteiger partial charge < -0.3 is 31.5 Å². The number of amides is 5. The van der Waals surface area contributed by atoms with Crippen LogP contribution in [0.25, 0.3) is 0 Å². The molecule has 0 bridgehead atoms. The highest BCUT2D eigenvalue weighted by atomic mass is 16.2. The van der Waals surface area contributed by atoms with Crippen molar-refractivity contribution in [3.63, 3.8) is 0 Å². The third-order valence-corrected chi connectivity index (χ3v) is 10.3. The Bertz CT molecular complexity index is 1480. The van der Waals surface area contributed by atoms with Gasteiger partial charge in [-0.3, -0.25) is 24.0 Å². The molecule has 1 aliphatic heterocycles. The highest BCUT2D eigenvalue weighted by molar-refractivity contribution is 6.37. The highest BCUT2D eigenvalue weighted by Crippen LogP contribution is 2.36. The number of hydrogen-bond acceptors (Lipinski definition) is 7. The zero-order valence-electron chi connectivity index (χ0n) is 30.7. The Balaban J connectivity index is 1.56. The van der Waals surface area contributed by atoms with Crippen LogP contribution in [-0.4, -0.2) is 85.0 Å². The molecule has 1 unspecified atom stereocenters. The molecule has 3 aliphatic rings. The molecule has 1 aromatic rings. The Hall–Kier alpha value is -4.22. The van der Waals surface area contributed by atoms with Gasteiger partial charge in [0.2, 0.25) is 17.6 Å². The Morgan fingerprint density at radius 2 is 1.60 bits per heavy atom. The SMILES string of the molecule is CC(C)[C@H]1CCN(C(=O)[C@@H](NC(=O)N[C@H](C(=O)c2ccc(N(C)C)cc2)C2=CCCCC2)C(C)(C)C)[C@@H]1C(=O)NC(CC1CC1)C(=O)C(N)=O. The van der Waals surface area contributed by atoms with Crippen molar-refractivity contribution in [2.45, 2.75) is 110 Å². The largest absolute Gasteiger partial charge is 0.378 e. The van der Waals surface area contributed by atoms with Crippen molar-refractivity contribution in [2.24, 2.45) is 28.9 Å². The topological polar surface area (TPSA) is 171 Å². The second kappa shape index (κ2) is 16.2. The maximum absolute atomic E-state index is 14.4. The molecule has 2 aliphatic carbocycles. The predicted octanol–water partition coefficient (Wildman–Crippen LogP) is 3.73. The fraction of sp³-hybridized carbons (Fsp3) is 0.632. The third kappa shape index (κ3) is 9.51. The van der Waals surface area contributed by atoms with Crippen molar-refractivity contribution in [3.05, 3.63) is 41.5 Å². The molecule has 1 saturated heterocycles. The third-order valence-electron chi connectivity index (χ3n) is 10.3. The molecule has 12 heteroatoms. The van der Waals surface area contributed by atoms with Gasteiger partial charge in [0, 0.05) is 31.9 Å². The minimum atomic E-state index is -1.11. The van der Waals surface area contributed by atoms with Crippen molar-refractivity contribution < 1.29 is 28.8 Å². The van der Waals surface area contributed by atoms with Gasteiger partial charge >= 0.3 is 6.03 Å². The van der Waals surface area contributed by atoms with E-state index in [9.17, 15) is 28.8 Å². The van der Waals surface area contributed by atoms with E-state index in [1.807, 2.05) is 71.8 Å². The van der Waals surface area contributed by atoms with Gasteiger partial charge in [0.1, 0.15) is 18.1 Å². The van der Waals surface area contributed by atoms with Gasteiger partial charge in [-0.25, -0.2) is 4.79 Å². The van der Waals surface area contributed by atoms with Crippen LogP contribution in [0.3, 0.4) is 0 Å². The lowest BCUT2D eigenvalue weighted by molar-refractivity contribution is -0.144. The Morgan fingerprint density at radius 3 is 2.12 bits per heavy atom. The van der Waals surface area contributed by atoms with Crippen molar-refractivity contribution in [2.75, 3.05) is 25.5 Å². The molecule has 1 aromatic carbocycles. The standard InChI is InChI=1S/C38H56N6O6/c1-22(2)27-19-20-44(30(27)35(48)40-28(21-23-13-14-23)32(46)34(39)47)36(49)33(38(3,4)5)42-37(50)41-29(24-11-9-8-10-12-24)31(45)25-15-17-26(18-16-25)43(6)7/h11,15-18,22-23,27-30,33H,8-10,12-14,19-21H2,1-7H3,(H2,39,47)(H,40,48)(H2,41,42,50)/t27-,28?,29+,30+,33-/m1/s1. The van der Waals surface area contributed by atoms with Crippen molar-refractivity contribution in [1.82, 2.24) is 20.9 Å². The number of benzene rings is 1. The van der Waals surface area contributed by atoms with Gasteiger partial charge in [-0.05, 0) is 91.5 Å². The number of carbonyl (C=O) groups is 6. The van der Waals surface area contributed by atoms with Gasteiger partial charge in [-0.1, -0.05) is 53.5 Å². The first-order valence-corrected chi connectivity index (χ1v) is 18.0. The molecule has 4 rings (SSSR count). The fourth-order valence-electron chi connectivity index (χ4n) is 7.11. The molecule has 2 fully saturated rings. The summed E-state index contributed by atoms with van der Waals surface area (Å²) in [5.41, 5.74) is 6.80. The number of nitrogens with one attached hydrogen (secondary N) is 3. The lowest BCUT2D eigenvalue weighted by atomic mass is 9.84. The molecule has 274 valence electrons. The van der Waals surface area contributed by atoms with Gasteiger partial charge in [0.25, 0.3) is 5.91 Å². The lowest BCUT2D eigenvalue weighted by Crippen LogP contribution is -2.61. The van der Waals surface area contributed by atoms with E-state index < -0.39 is 59.1 Å². The van der Waals surface area contributed by atoms with E-state index in [0.29, 0.717) is 24.8 Å². The fourth-order valence-corrected chi connectivity index (χ4v) is 7.11. The van der Waals surface area contributed by atoms with E-state index in [1.54, 1.807) is 12.1 Å². The average Bonchev–Trinajstić information content (AvgIpc) is 3.77. The summed E-state index contributed by atoms with van der Waals surface area (Å²) < 4.78 is 0. The van der Waals surface area contributed by atoms with E-state index >= 15 is 0 Å². The number of primary amides is 1. The number of anilines is 1. The number of ketones is 2. The van der Waals surface area contributed by atoms with Crippen LogP contribution in [0.5, 0.6) is 0 Å². The molecule has 5 amide bonds. The van der Waals surface area contributed by atoms with E-state index in [0.717, 1.165) is 43.4 Å². The first-order valence-electron chi connectivity index (χ1n) is 18.0. The Labute approximate surface area is 296 Å². The van der Waals surface area contributed by atoms with E-state index in [4.69, 9.17) is 5.73 Å². The first-order chi connectivity index (χ1) is 23.5. The van der Waals surface area contributed by atoms with Crippen LogP contribution in [-0.2, 0) is 19.2 Å². The van der Waals surface area contributed by atoms with Gasteiger partial charge in [0.05, 0.1) is 6.04 Å². The summed E-state index contributed by atoms with van der Waals surface area (Å²) in [6, 6.07) is 2.65. The zero-order chi connectivity index (χ0) is 36.9. The van der Waals surface area contributed by atoms with Crippen LogP contribution in [0, 0.1) is 23.2 Å². The molecule has 0 aromatic heterocycles. The lowest BCUT2D eigenvalue weighted by Gasteiger charge is -2.37. The molecule has 50 heavy (non-hydrogen) atoms. The minimum absolute atomic E-state index is 0.0314. The second-order valence-electron chi connectivity index (χ2n) is 15.8. The number of Topliss-reactive ketones (excluding diaryl/α,β-unsaturated/α-hetero) is 2. The summed E-state index contributed by atoms with van der Waals surface area (Å²) >= 11 is 0. The smallest absolute Gasteiger partial charge is 0.316 e. The number of rotatable bonds is 14. The van der Waals surface area contributed by atoms with Crippen LogP contribution in [0.15, 0.2) is 35.9 Å². The van der Waals surface area contributed by atoms with Gasteiger partial charge in [0.15, 0.2) is 5.78 Å². The van der Waals surface area contributed by atoms with Gasteiger partial charge in [-0.2, -0.15) is 0 Å². The van der Waals surface area contributed by atoms with Crippen LogP contribution >= 0.6 is 0 Å². The van der Waals surface area contributed by atoms with E-state index in [-0.39, 0.29) is 30.1 Å². The molecular formula is C38H56N6O6. The zero-order valence-corrected chi connectivity index (χ0v) is 30.7. The summed E-state index contributed by atoms with van der Waals surface area (Å²) in [4.78, 5) is 84.0. The summed E-state index contributed by atoms with van der Waals surface area (Å²) in [5, 5.41) is 8.54. The summed E-state index contributed by atoms with van der Waals surface area (Å²) in [6.45, 7) is 9.73. The number of urea groups is 1. The Kier molecular flexibility index (Phi) is 12.5. The number of allylic oxidation sites excluding steroid dienone is 1. The normalized spacial score (nSPS) is 21.0. The summed E-state index contributed by atoms with van der Waals surface area (Å²) in [5.74, 6) is -3.08. The maximum atomic E-state index is 14.4. The maximum Gasteiger partial charge on any atom is 0.316 e. The highest BCUT2D eigenvalue weighted by Gasteiger charge is 2.48. The average molecular weight is 693 g/mol. The predicted molar refractivity (Wildman–Crippen MR) is 192 cm³/mol. The molecule has 12 nitrogen and oxygen atoms in total. The number of hydrogen-bond donors (Lipinski definition) is 4. The van der Waals surface area contributed by atoms with Crippen molar-refractivity contribution in [1.29, 1.82) is 0 Å². The van der Waals surface area contributed by atoms with Crippen LogP contribution < -0.4 is 26.6 Å². The molecule has 5 atom stereocenters. The molecule has 0 radical (unpaired) electrons. The van der Waals surface area contributed by atoms with Crippen molar-refractivity contribution in [3.8, 4) is 0 Å².